The van der Waals surface area contributed by atoms with Crippen molar-refractivity contribution >= 4 is 11.8 Å². The van der Waals surface area contributed by atoms with Crippen molar-refractivity contribution in [2.75, 3.05) is 20.3 Å². The highest BCUT2D eigenvalue weighted by Gasteiger charge is 2.17. The van der Waals surface area contributed by atoms with Crippen molar-refractivity contribution in [1.29, 1.82) is 0 Å². The molecular weight excluding hydrogens is 306 g/mol. The highest BCUT2D eigenvalue weighted by Crippen LogP contribution is 2.17. The summed E-state index contributed by atoms with van der Waals surface area (Å²) in [6.45, 7) is 1.12. The van der Waals surface area contributed by atoms with E-state index in [0.717, 1.165) is 32.1 Å². The molecule has 1 aromatic rings. The number of carbonyl (C=O) groups excluding carboxylic acids is 2. The second-order valence-electron chi connectivity index (χ2n) is 6.17. The molecule has 2 rings (SSSR count). The number of nitrogens with zero attached hydrogens (tertiary/aromatic N) is 1. The molecule has 1 fully saturated rings. The van der Waals surface area contributed by atoms with Crippen LogP contribution in [0.25, 0.3) is 0 Å². The molecule has 0 saturated heterocycles. The minimum absolute atomic E-state index is 0.198. The fourth-order valence-corrected chi connectivity index (χ4v) is 2.88. The number of hydrogen-bond acceptors (Lipinski definition) is 4. The number of aromatic nitrogens is 1. The second kappa shape index (κ2) is 10.0. The topological polar surface area (TPSA) is 80.3 Å². The summed E-state index contributed by atoms with van der Waals surface area (Å²) in [4.78, 5) is 28.7. The van der Waals surface area contributed by atoms with Gasteiger partial charge in [0.25, 0.3) is 11.8 Å². The van der Waals surface area contributed by atoms with Crippen LogP contribution in [-0.4, -0.2) is 43.1 Å². The number of hydrogen-bond donors (Lipinski definition) is 2. The Balaban J connectivity index is 1.90. The predicted octanol–water partition coefficient (Wildman–Crippen LogP) is 2.30. The van der Waals surface area contributed by atoms with Gasteiger partial charge >= 0.3 is 0 Å². The van der Waals surface area contributed by atoms with E-state index in [4.69, 9.17) is 4.74 Å². The first-order chi connectivity index (χ1) is 11.7. The molecule has 6 nitrogen and oxygen atoms in total. The standard InChI is InChI=1S/C18H27N3O3/c1-24-13-7-12-19-17(22)15-10-6-11-16(21-15)18(23)20-14-8-4-2-3-5-9-14/h6,10-11,14H,2-5,7-9,12-13H2,1H3,(H,19,22)(H,20,23). The fraction of sp³-hybridized carbons (Fsp3) is 0.611. The number of rotatable bonds is 7. The Labute approximate surface area is 143 Å². The summed E-state index contributed by atoms with van der Waals surface area (Å²) in [6, 6.07) is 5.18. The molecule has 1 saturated carbocycles. The van der Waals surface area contributed by atoms with Crippen molar-refractivity contribution in [3.05, 3.63) is 29.6 Å². The molecule has 0 unspecified atom stereocenters. The van der Waals surface area contributed by atoms with Gasteiger partial charge in [0.1, 0.15) is 11.4 Å². The lowest BCUT2D eigenvalue weighted by Gasteiger charge is -2.16. The Kier molecular flexibility index (Phi) is 7.68. The van der Waals surface area contributed by atoms with Crippen LogP contribution in [0.4, 0.5) is 0 Å². The van der Waals surface area contributed by atoms with Crippen LogP contribution in [0.1, 0.15) is 65.9 Å². The Hall–Kier alpha value is -1.95. The molecule has 2 N–H and O–H groups in total. The third-order valence-corrected chi connectivity index (χ3v) is 4.22. The lowest BCUT2D eigenvalue weighted by Crippen LogP contribution is -2.35. The quantitative estimate of drug-likeness (QED) is 0.593. The van der Waals surface area contributed by atoms with E-state index >= 15 is 0 Å². The minimum Gasteiger partial charge on any atom is -0.385 e. The highest BCUT2D eigenvalue weighted by atomic mass is 16.5. The van der Waals surface area contributed by atoms with Crippen molar-refractivity contribution in [1.82, 2.24) is 15.6 Å². The summed E-state index contributed by atoms with van der Waals surface area (Å²) < 4.78 is 4.94. The summed E-state index contributed by atoms with van der Waals surface area (Å²) in [6.07, 6.45) is 7.57. The summed E-state index contributed by atoms with van der Waals surface area (Å²) >= 11 is 0. The van der Waals surface area contributed by atoms with Gasteiger partial charge in [0.05, 0.1) is 0 Å². The van der Waals surface area contributed by atoms with E-state index in [0.29, 0.717) is 18.8 Å². The third-order valence-electron chi connectivity index (χ3n) is 4.22. The maximum absolute atomic E-state index is 12.4. The fourth-order valence-electron chi connectivity index (χ4n) is 2.88. The number of nitrogens with one attached hydrogen (secondary N) is 2. The zero-order chi connectivity index (χ0) is 17.2. The molecule has 0 aromatic carbocycles. The van der Waals surface area contributed by atoms with E-state index in [2.05, 4.69) is 15.6 Å². The van der Waals surface area contributed by atoms with Crippen LogP contribution >= 0.6 is 0 Å². The number of ether oxygens (including phenoxy) is 1. The van der Waals surface area contributed by atoms with Gasteiger partial charge in [-0.25, -0.2) is 4.98 Å². The minimum atomic E-state index is -0.268. The Morgan fingerprint density at radius 3 is 2.46 bits per heavy atom. The smallest absolute Gasteiger partial charge is 0.270 e. The first kappa shape index (κ1) is 18.4. The highest BCUT2D eigenvalue weighted by molar-refractivity contribution is 5.96. The van der Waals surface area contributed by atoms with Gasteiger partial charge in [-0.3, -0.25) is 9.59 Å². The van der Waals surface area contributed by atoms with Crippen molar-refractivity contribution in [2.45, 2.75) is 51.0 Å². The molecule has 24 heavy (non-hydrogen) atoms. The largest absolute Gasteiger partial charge is 0.385 e. The van der Waals surface area contributed by atoms with Gasteiger partial charge in [-0.2, -0.15) is 0 Å². The van der Waals surface area contributed by atoms with Crippen LogP contribution < -0.4 is 10.6 Å². The summed E-state index contributed by atoms with van der Waals surface area (Å²) in [5.74, 6) is -0.467. The molecule has 0 radical (unpaired) electrons. The maximum Gasteiger partial charge on any atom is 0.270 e. The molecule has 132 valence electrons. The van der Waals surface area contributed by atoms with E-state index < -0.39 is 0 Å². The molecule has 1 aliphatic carbocycles. The SMILES string of the molecule is COCCCNC(=O)c1cccc(C(=O)NC2CCCCCC2)n1. The summed E-state index contributed by atoms with van der Waals surface area (Å²) in [7, 11) is 1.62. The summed E-state index contributed by atoms with van der Waals surface area (Å²) in [5.41, 5.74) is 0.560. The van der Waals surface area contributed by atoms with Gasteiger partial charge in [0, 0.05) is 26.3 Å². The Bertz CT molecular complexity index is 540. The van der Waals surface area contributed by atoms with Crippen molar-refractivity contribution in [2.24, 2.45) is 0 Å². The average Bonchev–Trinajstić information content (AvgIpc) is 2.87. The molecule has 0 bridgehead atoms. The second-order valence-corrected chi connectivity index (χ2v) is 6.17. The first-order valence-electron chi connectivity index (χ1n) is 8.76. The van der Waals surface area contributed by atoms with Crippen LogP contribution in [0.2, 0.25) is 0 Å². The van der Waals surface area contributed by atoms with Gasteiger partial charge in [-0.15, -0.1) is 0 Å². The van der Waals surface area contributed by atoms with Crippen LogP contribution in [0.3, 0.4) is 0 Å². The van der Waals surface area contributed by atoms with Gasteiger partial charge in [-0.1, -0.05) is 31.7 Å². The molecule has 1 heterocycles. The van der Waals surface area contributed by atoms with Crippen molar-refractivity contribution < 1.29 is 14.3 Å². The van der Waals surface area contributed by atoms with Gasteiger partial charge in [-0.05, 0) is 31.4 Å². The zero-order valence-electron chi connectivity index (χ0n) is 14.3. The van der Waals surface area contributed by atoms with E-state index in [1.807, 2.05) is 0 Å². The zero-order valence-corrected chi connectivity index (χ0v) is 14.3. The number of methoxy groups -OCH3 is 1. The Morgan fingerprint density at radius 1 is 1.12 bits per heavy atom. The van der Waals surface area contributed by atoms with E-state index in [-0.39, 0.29) is 23.6 Å². The van der Waals surface area contributed by atoms with E-state index in [1.54, 1.807) is 25.3 Å². The van der Waals surface area contributed by atoms with Gasteiger partial charge < -0.3 is 15.4 Å². The monoisotopic (exact) mass is 333 g/mol. The predicted molar refractivity (Wildman–Crippen MR) is 92.0 cm³/mol. The third kappa shape index (κ3) is 5.92. The lowest BCUT2D eigenvalue weighted by molar-refractivity contribution is 0.0927. The average molecular weight is 333 g/mol. The van der Waals surface area contributed by atoms with Crippen LogP contribution in [-0.2, 0) is 4.74 Å². The Morgan fingerprint density at radius 2 is 1.79 bits per heavy atom. The maximum atomic E-state index is 12.4. The molecular formula is C18H27N3O3. The molecule has 1 aromatic heterocycles. The van der Waals surface area contributed by atoms with Gasteiger partial charge in [0.2, 0.25) is 0 Å². The van der Waals surface area contributed by atoms with Crippen LogP contribution in [0.5, 0.6) is 0 Å². The van der Waals surface area contributed by atoms with E-state index in [1.165, 1.54) is 12.8 Å². The van der Waals surface area contributed by atoms with Gasteiger partial charge in [0.15, 0.2) is 0 Å². The molecule has 2 amide bonds. The molecule has 0 atom stereocenters. The van der Waals surface area contributed by atoms with E-state index in [9.17, 15) is 9.59 Å². The number of amides is 2. The molecule has 0 spiro atoms. The van der Waals surface area contributed by atoms with Crippen LogP contribution in [0.15, 0.2) is 18.2 Å². The van der Waals surface area contributed by atoms with Crippen molar-refractivity contribution in [3.8, 4) is 0 Å². The normalized spacial score (nSPS) is 15.5. The number of carbonyl (C=O) groups is 2. The van der Waals surface area contributed by atoms with Crippen molar-refractivity contribution in [3.63, 3.8) is 0 Å². The first-order valence-corrected chi connectivity index (χ1v) is 8.76. The molecule has 0 aliphatic heterocycles. The lowest BCUT2D eigenvalue weighted by atomic mass is 10.1. The molecule has 6 heteroatoms. The summed E-state index contributed by atoms with van der Waals surface area (Å²) in [5, 5.41) is 5.83. The molecule has 1 aliphatic rings. The number of pyridine rings is 1. The van der Waals surface area contributed by atoms with Crippen LogP contribution in [0, 0.1) is 0 Å².